The van der Waals surface area contributed by atoms with E-state index in [9.17, 15) is 9.59 Å². The van der Waals surface area contributed by atoms with Crippen LogP contribution in [0.5, 0.6) is 0 Å². The molecule has 0 bridgehead atoms. The van der Waals surface area contributed by atoms with Crippen molar-refractivity contribution in [3.8, 4) is 5.69 Å². The fourth-order valence-electron chi connectivity index (χ4n) is 2.11. The van der Waals surface area contributed by atoms with Gasteiger partial charge in [-0.05, 0) is 59.3 Å². The number of aryl methyl sites for hydroxylation is 1. The van der Waals surface area contributed by atoms with Gasteiger partial charge in [0.1, 0.15) is 6.33 Å². The monoisotopic (exact) mass is 371 g/mol. The molecule has 0 fully saturated rings. The number of hydrogen-bond donors (Lipinski definition) is 1. The number of carbonyl (C=O) groups excluding carboxylic acids is 2. The van der Waals surface area contributed by atoms with Crippen LogP contribution in [0.3, 0.4) is 0 Å². The number of aromatic nitrogens is 4. The third-order valence-electron chi connectivity index (χ3n) is 3.51. The van der Waals surface area contributed by atoms with Gasteiger partial charge in [0.15, 0.2) is 6.61 Å². The van der Waals surface area contributed by atoms with E-state index < -0.39 is 18.5 Å². The van der Waals surface area contributed by atoms with Gasteiger partial charge in [-0.1, -0.05) is 17.7 Å². The van der Waals surface area contributed by atoms with Gasteiger partial charge in [0.25, 0.3) is 5.91 Å². The van der Waals surface area contributed by atoms with Crippen molar-refractivity contribution in [1.82, 2.24) is 20.2 Å². The Labute approximate surface area is 153 Å². The highest BCUT2D eigenvalue weighted by atomic mass is 35.5. The lowest BCUT2D eigenvalue weighted by Crippen LogP contribution is -2.21. The minimum atomic E-state index is -0.606. The van der Waals surface area contributed by atoms with Gasteiger partial charge in [0.2, 0.25) is 0 Å². The van der Waals surface area contributed by atoms with Crippen molar-refractivity contribution in [2.75, 3.05) is 11.9 Å². The van der Waals surface area contributed by atoms with Gasteiger partial charge in [-0.3, -0.25) is 4.79 Å². The number of halogens is 1. The molecule has 132 valence electrons. The number of hydrogen-bond acceptors (Lipinski definition) is 6. The maximum Gasteiger partial charge on any atom is 0.338 e. The molecule has 0 aliphatic rings. The number of amides is 1. The van der Waals surface area contributed by atoms with Crippen LogP contribution in [-0.4, -0.2) is 38.7 Å². The molecule has 1 heterocycles. The first-order chi connectivity index (χ1) is 12.5. The van der Waals surface area contributed by atoms with Crippen molar-refractivity contribution >= 4 is 29.2 Å². The van der Waals surface area contributed by atoms with Gasteiger partial charge in [-0.25, -0.2) is 9.48 Å². The largest absolute Gasteiger partial charge is 0.452 e. The van der Waals surface area contributed by atoms with Crippen LogP contribution in [0, 0.1) is 6.92 Å². The number of rotatable bonds is 5. The quantitative estimate of drug-likeness (QED) is 0.691. The lowest BCUT2D eigenvalue weighted by Gasteiger charge is -2.08. The molecule has 0 saturated heterocycles. The van der Waals surface area contributed by atoms with Gasteiger partial charge in [0, 0.05) is 10.7 Å². The topological polar surface area (TPSA) is 99.0 Å². The highest BCUT2D eigenvalue weighted by Gasteiger charge is 2.11. The van der Waals surface area contributed by atoms with Crippen LogP contribution in [0.2, 0.25) is 5.02 Å². The Morgan fingerprint density at radius 3 is 2.62 bits per heavy atom. The average molecular weight is 372 g/mol. The number of benzene rings is 2. The van der Waals surface area contributed by atoms with Crippen molar-refractivity contribution < 1.29 is 14.3 Å². The van der Waals surface area contributed by atoms with Gasteiger partial charge >= 0.3 is 5.97 Å². The van der Waals surface area contributed by atoms with Crippen LogP contribution in [0.25, 0.3) is 5.69 Å². The maximum absolute atomic E-state index is 12.0. The van der Waals surface area contributed by atoms with E-state index in [4.69, 9.17) is 16.3 Å². The number of esters is 1. The zero-order valence-corrected chi connectivity index (χ0v) is 14.5. The second kappa shape index (κ2) is 7.75. The lowest BCUT2D eigenvalue weighted by atomic mass is 10.2. The SMILES string of the molecule is Cc1ccc(NC(=O)COC(=O)c2ccc(-n3cnnn3)cc2)cc1Cl. The molecule has 0 saturated carbocycles. The van der Waals surface area contributed by atoms with Crippen LogP contribution >= 0.6 is 11.6 Å². The van der Waals surface area contributed by atoms with Gasteiger partial charge in [0.05, 0.1) is 11.3 Å². The minimum absolute atomic E-state index is 0.313. The predicted octanol–water partition coefficient (Wildman–Crippen LogP) is 2.42. The summed E-state index contributed by atoms with van der Waals surface area (Å²) in [5, 5.41) is 14.0. The summed E-state index contributed by atoms with van der Waals surface area (Å²) in [6.45, 7) is 1.46. The third-order valence-corrected chi connectivity index (χ3v) is 3.91. The van der Waals surface area contributed by atoms with E-state index >= 15 is 0 Å². The second-order valence-corrected chi connectivity index (χ2v) is 5.80. The molecule has 0 spiro atoms. The molecule has 8 nitrogen and oxygen atoms in total. The highest BCUT2D eigenvalue weighted by Crippen LogP contribution is 2.19. The van der Waals surface area contributed by atoms with E-state index in [0.29, 0.717) is 22.0 Å². The maximum atomic E-state index is 12.0. The second-order valence-electron chi connectivity index (χ2n) is 5.39. The number of anilines is 1. The molecule has 1 N–H and O–H groups in total. The Balaban J connectivity index is 1.54. The molecule has 3 aromatic rings. The van der Waals surface area contributed by atoms with Crippen LogP contribution < -0.4 is 5.32 Å². The molecule has 0 radical (unpaired) electrons. The van der Waals surface area contributed by atoms with Crippen LogP contribution in [0.15, 0.2) is 48.8 Å². The Hall–Kier alpha value is -3.26. The number of nitrogens with zero attached hydrogens (tertiary/aromatic N) is 4. The molecule has 26 heavy (non-hydrogen) atoms. The lowest BCUT2D eigenvalue weighted by molar-refractivity contribution is -0.119. The number of ether oxygens (including phenoxy) is 1. The first kappa shape index (κ1) is 17.6. The molecule has 2 aromatic carbocycles. The standard InChI is InChI=1S/C17H14ClN5O3/c1-11-2-5-13(8-15(11)18)20-16(24)9-26-17(25)12-3-6-14(7-4-12)23-10-19-21-22-23/h2-8,10H,9H2,1H3,(H,20,24). The van der Waals surface area contributed by atoms with Crippen molar-refractivity contribution in [1.29, 1.82) is 0 Å². The number of tetrazole rings is 1. The normalized spacial score (nSPS) is 10.4. The van der Waals surface area contributed by atoms with Crippen LogP contribution in [-0.2, 0) is 9.53 Å². The van der Waals surface area contributed by atoms with Crippen molar-refractivity contribution in [2.45, 2.75) is 6.92 Å². The van der Waals surface area contributed by atoms with E-state index in [1.807, 2.05) is 6.92 Å². The molecular formula is C17H14ClN5O3. The Morgan fingerprint density at radius 1 is 1.19 bits per heavy atom. The molecule has 1 amide bonds. The summed E-state index contributed by atoms with van der Waals surface area (Å²) in [7, 11) is 0. The number of carbonyl (C=O) groups is 2. The highest BCUT2D eigenvalue weighted by molar-refractivity contribution is 6.31. The first-order valence-corrected chi connectivity index (χ1v) is 7.97. The summed E-state index contributed by atoms with van der Waals surface area (Å²) in [6.07, 6.45) is 1.44. The predicted molar refractivity (Wildman–Crippen MR) is 94.3 cm³/mol. The third kappa shape index (κ3) is 4.22. The molecule has 1 aromatic heterocycles. The molecule has 0 atom stereocenters. The zero-order valence-electron chi connectivity index (χ0n) is 13.7. The first-order valence-electron chi connectivity index (χ1n) is 7.59. The summed E-state index contributed by atoms with van der Waals surface area (Å²) >= 11 is 6.00. The Kier molecular flexibility index (Phi) is 5.23. The van der Waals surface area contributed by atoms with Crippen molar-refractivity contribution in [3.63, 3.8) is 0 Å². The Bertz CT molecular complexity index is 926. The Morgan fingerprint density at radius 2 is 1.96 bits per heavy atom. The fourth-order valence-corrected chi connectivity index (χ4v) is 2.29. The van der Waals surface area contributed by atoms with Crippen molar-refractivity contribution in [3.05, 3.63) is 64.9 Å². The van der Waals surface area contributed by atoms with E-state index in [1.54, 1.807) is 42.5 Å². The number of nitrogens with one attached hydrogen (secondary N) is 1. The summed E-state index contributed by atoms with van der Waals surface area (Å²) in [5.41, 5.74) is 2.45. The van der Waals surface area contributed by atoms with Gasteiger partial charge < -0.3 is 10.1 Å². The van der Waals surface area contributed by atoms with Gasteiger partial charge in [-0.15, -0.1) is 5.10 Å². The van der Waals surface area contributed by atoms with Crippen molar-refractivity contribution in [2.24, 2.45) is 0 Å². The van der Waals surface area contributed by atoms with E-state index in [-0.39, 0.29) is 0 Å². The molecule has 9 heteroatoms. The molecular weight excluding hydrogens is 358 g/mol. The summed E-state index contributed by atoms with van der Waals surface area (Å²) < 4.78 is 6.47. The minimum Gasteiger partial charge on any atom is -0.452 e. The van der Waals surface area contributed by atoms with E-state index in [1.165, 1.54) is 11.0 Å². The van der Waals surface area contributed by atoms with Gasteiger partial charge in [-0.2, -0.15) is 0 Å². The van der Waals surface area contributed by atoms with Crippen LogP contribution in [0.1, 0.15) is 15.9 Å². The summed E-state index contributed by atoms with van der Waals surface area (Å²) in [5.74, 6) is -1.06. The molecule has 0 unspecified atom stereocenters. The molecule has 3 rings (SSSR count). The summed E-state index contributed by atoms with van der Waals surface area (Å²) in [6, 6.07) is 11.6. The molecule has 0 aliphatic carbocycles. The smallest absolute Gasteiger partial charge is 0.338 e. The van der Waals surface area contributed by atoms with E-state index in [2.05, 4.69) is 20.8 Å². The zero-order chi connectivity index (χ0) is 18.5. The average Bonchev–Trinajstić information content (AvgIpc) is 3.18. The van der Waals surface area contributed by atoms with Crippen LogP contribution in [0.4, 0.5) is 5.69 Å². The van der Waals surface area contributed by atoms with E-state index in [0.717, 1.165) is 5.56 Å². The molecule has 0 aliphatic heterocycles. The summed E-state index contributed by atoms with van der Waals surface area (Å²) in [4.78, 5) is 23.9. The fraction of sp³-hybridized carbons (Fsp3) is 0.118.